The fourth-order valence-corrected chi connectivity index (χ4v) is 2.41. The molecule has 3 heteroatoms. The van der Waals surface area contributed by atoms with Crippen LogP contribution in [0.25, 0.3) is 0 Å². The number of rotatable bonds is 1. The van der Waals surface area contributed by atoms with Crippen LogP contribution in [0, 0.1) is 5.92 Å². The standard InChI is InChI=1S/C9H14O3/c10-6-9-4-2-1-3-7(9)5-8(11)12-9/h7,10H,1-6H2. The second-order valence-corrected chi connectivity index (χ2v) is 3.84. The first-order valence-electron chi connectivity index (χ1n) is 4.59. The van der Waals surface area contributed by atoms with E-state index in [1.54, 1.807) is 0 Å². The van der Waals surface area contributed by atoms with E-state index in [2.05, 4.69) is 0 Å². The number of esters is 1. The Morgan fingerprint density at radius 3 is 3.08 bits per heavy atom. The summed E-state index contributed by atoms with van der Waals surface area (Å²) >= 11 is 0. The fraction of sp³-hybridized carbons (Fsp3) is 0.889. The van der Waals surface area contributed by atoms with Crippen molar-refractivity contribution in [3.8, 4) is 0 Å². The smallest absolute Gasteiger partial charge is 0.306 e. The van der Waals surface area contributed by atoms with Crippen molar-refractivity contribution in [3.63, 3.8) is 0 Å². The maximum absolute atomic E-state index is 11.0. The van der Waals surface area contributed by atoms with E-state index in [9.17, 15) is 9.90 Å². The van der Waals surface area contributed by atoms with Gasteiger partial charge in [-0.2, -0.15) is 0 Å². The SMILES string of the molecule is O=C1CC2CCCCC2(CO)O1. The molecule has 1 saturated heterocycles. The lowest BCUT2D eigenvalue weighted by atomic mass is 9.76. The molecule has 0 bridgehead atoms. The molecule has 12 heavy (non-hydrogen) atoms. The Balaban J connectivity index is 2.19. The summed E-state index contributed by atoms with van der Waals surface area (Å²) in [6.07, 6.45) is 4.64. The predicted octanol–water partition coefficient (Wildman–Crippen LogP) is 0.855. The summed E-state index contributed by atoms with van der Waals surface area (Å²) in [5.74, 6) is 0.153. The molecule has 1 saturated carbocycles. The molecule has 1 aliphatic heterocycles. The fourth-order valence-electron chi connectivity index (χ4n) is 2.41. The third-order valence-electron chi connectivity index (χ3n) is 3.14. The van der Waals surface area contributed by atoms with Crippen molar-refractivity contribution in [2.24, 2.45) is 5.92 Å². The molecule has 1 heterocycles. The lowest BCUT2D eigenvalue weighted by molar-refractivity contribution is -0.155. The topological polar surface area (TPSA) is 46.5 Å². The first kappa shape index (κ1) is 8.05. The molecule has 2 rings (SSSR count). The van der Waals surface area contributed by atoms with E-state index in [4.69, 9.17) is 4.74 Å². The molecule has 2 aliphatic rings. The molecule has 0 spiro atoms. The number of carbonyl (C=O) groups is 1. The maximum atomic E-state index is 11.0. The van der Waals surface area contributed by atoms with Gasteiger partial charge in [0.15, 0.2) is 0 Å². The normalized spacial score (nSPS) is 40.8. The molecule has 2 atom stereocenters. The highest BCUT2D eigenvalue weighted by molar-refractivity contribution is 5.73. The molecule has 68 valence electrons. The second-order valence-electron chi connectivity index (χ2n) is 3.84. The molecule has 2 fully saturated rings. The quantitative estimate of drug-likeness (QED) is 0.593. The van der Waals surface area contributed by atoms with E-state index in [1.165, 1.54) is 6.42 Å². The highest BCUT2D eigenvalue weighted by Gasteiger charge is 2.49. The third-order valence-corrected chi connectivity index (χ3v) is 3.14. The summed E-state index contributed by atoms with van der Waals surface area (Å²) in [5.41, 5.74) is -0.491. The van der Waals surface area contributed by atoms with Gasteiger partial charge in [-0.15, -0.1) is 0 Å². The van der Waals surface area contributed by atoms with Crippen LogP contribution in [0.4, 0.5) is 0 Å². The Hall–Kier alpha value is -0.570. The van der Waals surface area contributed by atoms with Gasteiger partial charge in [-0.1, -0.05) is 6.42 Å². The Morgan fingerprint density at radius 1 is 1.58 bits per heavy atom. The van der Waals surface area contributed by atoms with E-state index in [0.717, 1.165) is 19.3 Å². The minimum atomic E-state index is -0.491. The third kappa shape index (κ3) is 1.04. The molecular weight excluding hydrogens is 156 g/mol. The van der Waals surface area contributed by atoms with Crippen molar-refractivity contribution < 1.29 is 14.6 Å². The summed E-state index contributed by atoms with van der Waals surface area (Å²) in [6.45, 7) is 0.00338. The van der Waals surface area contributed by atoms with Crippen LogP contribution >= 0.6 is 0 Å². The maximum Gasteiger partial charge on any atom is 0.306 e. The van der Waals surface area contributed by atoms with Gasteiger partial charge in [-0.3, -0.25) is 4.79 Å². The molecule has 0 radical (unpaired) electrons. The van der Waals surface area contributed by atoms with Crippen LogP contribution in [0.5, 0.6) is 0 Å². The van der Waals surface area contributed by atoms with Crippen LogP contribution in [-0.2, 0) is 9.53 Å². The van der Waals surface area contributed by atoms with Gasteiger partial charge in [0, 0.05) is 5.92 Å². The predicted molar refractivity (Wildman–Crippen MR) is 42.5 cm³/mol. The van der Waals surface area contributed by atoms with Crippen LogP contribution < -0.4 is 0 Å². The highest BCUT2D eigenvalue weighted by Crippen LogP contribution is 2.43. The van der Waals surface area contributed by atoms with Gasteiger partial charge in [0.1, 0.15) is 5.60 Å². The Labute approximate surface area is 71.7 Å². The van der Waals surface area contributed by atoms with Crippen LogP contribution in [0.3, 0.4) is 0 Å². The van der Waals surface area contributed by atoms with Crippen molar-refractivity contribution in [1.29, 1.82) is 0 Å². The van der Waals surface area contributed by atoms with Gasteiger partial charge in [-0.05, 0) is 19.3 Å². The van der Waals surface area contributed by atoms with Crippen molar-refractivity contribution >= 4 is 5.97 Å². The molecular formula is C9H14O3. The van der Waals surface area contributed by atoms with Gasteiger partial charge < -0.3 is 9.84 Å². The number of aliphatic hydroxyl groups is 1. The van der Waals surface area contributed by atoms with Crippen LogP contribution in [0.1, 0.15) is 32.1 Å². The molecule has 2 unspecified atom stereocenters. The van der Waals surface area contributed by atoms with E-state index >= 15 is 0 Å². The van der Waals surface area contributed by atoms with Gasteiger partial charge in [-0.25, -0.2) is 0 Å². The number of aliphatic hydroxyl groups excluding tert-OH is 1. The first-order valence-corrected chi connectivity index (χ1v) is 4.59. The highest BCUT2D eigenvalue weighted by atomic mass is 16.6. The zero-order chi connectivity index (χ0) is 8.60. The minimum Gasteiger partial charge on any atom is -0.456 e. The lowest BCUT2D eigenvalue weighted by Gasteiger charge is -2.35. The van der Waals surface area contributed by atoms with Crippen molar-refractivity contribution in [2.45, 2.75) is 37.7 Å². The summed E-state index contributed by atoms with van der Waals surface area (Å²) < 4.78 is 5.21. The lowest BCUT2D eigenvalue weighted by Crippen LogP contribution is -2.41. The average molecular weight is 170 g/mol. The summed E-state index contributed by atoms with van der Waals surface area (Å²) in [4.78, 5) is 11.0. The number of fused-ring (bicyclic) bond motifs is 1. The number of carbonyl (C=O) groups excluding carboxylic acids is 1. The second kappa shape index (κ2) is 2.73. The van der Waals surface area contributed by atoms with E-state index < -0.39 is 5.60 Å². The van der Waals surface area contributed by atoms with Gasteiger partial charge >= 0.3 is 5.97 Å². The zero-order valence-electron chi connectivity index (χ0n) is 7.08. The molecule has 0 aromatic carbocycles. The van der Waals surface area contributed by atoms with E-state index in [1.807, 2.05) is 0 Å². The molecule has 0 aromatic heterocycles. The molecule has 3 nitrogen and oxygen atoms in total. The van der Waals surface area contributed by atoms with Crippen molar-refractivity contribution in [2.75, 3.05) is 6.61 Å². The van der Waals surface area contributed by atoms with Crippen molar-refractivity contribution in [3.05, 3.63) is 0 Å². The monoisotopic (exact) mass is 170 g/mol. The molecule has 0 aromatic rings. The number of ether oxygens (including phenoxy) is 1. The zero-order valence-corrected chi connectivity index (χ0v) is 7.08. The van der Waals surface area contributed by atoms with E-state index in [-0.39, 0.29) is 18.5 Å². The summed E-state index contributed by atoms with van der Waals surface area (Å²) in [6, 6.07) is 0. The largest absolute Gasteiger partial charge is 0.456 e. The van der Waals surface area contributed by atoms with Crippen LogP contribution in [0.2, 0.25) is 0 Å². The number of hydrogen-bond donors (Lipinski definition) is 1. The first-order chi connectivity index (χ1) is 5.77. The molecule has 1 aliphatic carbocycles. The molecule has 1 N–H and O–H groups in total. The molecule has 0 amide bonds. The van der Waals surface area contributed by atoms with E-state index in [0.29, 0.717) is 6.42 Å². The summed E-state index contributed by atoms with van der Waals surface area (Å²) in [7, 11) is 0. The Bertz CT molecular complexity index is 202. The van der Waals surface area contributed by atoms with Crippen LogP contribution in [0.15, 0.2) is 0 Å². The number of hydrogen-bond acceptors (Lipinski definition) is 3. The average Bonchev–Trinajstić information content (AvgIpc) is 2.41. The van der Waals surface area contributed by atoms with Gasteiger partial charge in [0.05, 0.1) is 13.0 Å². The minimum absolute atomic E-state index is 0.00338. The Kier molecular flexibility index (Phi) is 1.83. The van der Waals surface area contributed by atoms with Gasteiger partial charge in [0.25, 0.3) is 0 Å². The summed E-state index contributed by atoms with van der Waals surface area (Å²) in [5, 5.41) is 9.19. The van der Waals surface area contributed by atoms with Gasteiger partial charge in [0.2, 0.25) is 0 Å². The van der Waals surface area contributed by atoms with Crippen molar-refractivity contribution in [1.82, 2.24) is 0 Å². The van der Waals surface area contributed by atoms with Crippen LogP contribution in [-0.4, -0.2) is 23.3 Å². The Morgan fingerprint density at radius 2 is 2.42 bits per heavy atom.